The number of aliphatic hydroxyl groups is 1. The molecule has 2 aliphatic rings. The summed E-state index contributed by atoms with van der Waals surface area (Å²) in [5.41, 5.74) is 2.39. The minimum Gasteiger partial charge on any atom is -0.394 e. The van der Waals surface area contributed by atoms with E-state index in [0.29, 0.717) is 24.8 Å². The molecule has 0 unspecified atom stereocenters. The summed E-state index contributed by atoms with van der Waals surface area (Å²) in [5, 5.41) is 18.0. The first-order valence-corrected chi connectivity index (χ1v) is 10.2. The van der Waals surface area contributed by atoms with Crippen LogP contribution in [-0.2, 0) is 17.7 Å². The number of rotatable bonds is 5. The number of carbonyl (C=O) groups is 1. The lowest BCUT2D eigenvalue weighted by Crippen LogP contribution is -2.58. The molecule has 1 aromatic heterocycles. The van der Waals surface area contributed by atoms with Gasteiger partial charge in [0.05, 0.1) is 24.5 Å². The molecule has 27 heavy (non-hydrogen) atoms. The summed E-state index contributed by atoms with van der Waals surface area (Å²) in [6, 6.07) is 0.301. The standard InChI is InChI=1S/C20H34N4O3/c1-6-24-18-15(5)27-14(4)11-16(18)17(22-24)19(26)23-9-7-20(12-25,8-10-23)21-13(2)3/h13-15,21,25H,6-12H2,1-5H3/t14-,15+/m1/s1. The number of nitrogens with zero attached hydrogens (tertiary/aromatic N) is 3. The highest BCUT2D eigenvalue weighted by Gasteiger charge is 2.38. The number of amides is 1. The van der Waals surface area contributed by atoms with E-state index in [1.54, 1.807) is 0 Å². The number of aliphatic hydroxyl groups excluding tert-OH is 1. The van der Waals surface area contributed by atoms with Crippen LogP contribution in [0.25, 0.3) is 0 Å². The van der Waals surface area contributed by atoms with E-state index >= 15 is 0 Å². The van der Waals surface area contributed by atoms with E-state index in [1.165, 1.54) is 0 Å². The lowest BCUT2D eigenvalue weighted by molar-refractivity contribution is -0.00954. The van der Waals surface area contributed by atoms with E-state index in [2.05, 4.69) is 24.3 Å². The van der Waals surface area contributed by atoms with Crippen LogP contribution in [0.3, 0.4) is 0 Å². The molecule has 0 aliphatic carbocycles. The predicted octanol–water partition coefficient (Wildman–Crippen LogP) is 1.89. The lowest BCUT2D eigenvalue weighted by atomic mass is 9.87. The molecule has 7 heteroatoms. The molecule has 3 heterocycles. The Morgan fingerprint density at radius 2 is 2.04 bits per heavy atom. The summed E-state index contributed by atoms with van der Waals surface area (Å²) >= 11 is 0. The van der Waals surface area contributed by atoms with Gasteiger partial charge in [-0.3, -0.25) is 9.48 Å². The van der Waals surface area contributed by atoms with Gasteiger partial charge in [-0.25, -0.2) is 0 Å². The lowest BCUT2D eigenvalue weighted by Gasteiger charge is -2.42. The number of carbonyl (C=O) groups excluding carboxylic acids is 1. The number of aromatic nitrogens is 2. The number of nitrogens with one attached hydrogen (secondary N) is 1. The normalized spacial score (nSPS) is 24.9. The molecule has 2 N–H and O–H groups in total. The molecule has 1 aromatic rings. The number of hydrogen-bond acceptors (Lipinski definition) is 5. The van der Waals surface area contributed by atoms with Crippen LogP contribution in [0.1, 0.15) is 75.3 Å². The first-order chi connectivity index (χ1) is 12.8. The van der Waals surface area contributed by atoms with E-state index in [1.807, 2.05) is 30.4 Å². The van der Waals surface area contributed by atoms with E-state index in [4.69, 9.17) is 4.74 Å². The van der Waals surface area contributed by atoms with Gasteiger partial charge in [0.2, 0.25) is 0 Å². The number of aryl methyl sites for hydroxylation is 1. The maximum absolute atomic E-state index is 13.3. The zero-order chi connectivity index (χ0) is 19.8. The molecule has 0 saturated carbocycles. The summed E-state index contributed by atoms with van der Waals surface area (Å²) < 4.78 is 7.87. The Morgan fingerprint density at radius 3 is 2.59 bits per heavy atom. The van der Waals surface area contributed by atoms with Gasteiger partial charge in [0.1, 0.15) is 0 Å². The average Bonchev–Trinajstić information content (AvgIpc) is 3.00. The molecule has 0 radical (unpaired) electrons. The average molecular weight is 379 g/mol. The van der Waals surface area contributed by atoms with Crippen molar-refractivity contribution in [1.29, 1.82) is 0 Å². The smallest absolute Gasteiger partial charge is 0.274 e. The SMILES string of the molecule is CCn1nc(C(=O)N2CCC(CO)(NC(C)C)CC2)c2c1[C@H](C)O[C@H](C)C2. The summed E-state index contributed by atoms with van der Waals surface area (Å²) in [5.74, 6) is 0.0100. The van der Waals surface area contributed by atoms with Crippen LogP contribution in [0.15, 0.2) is 0 Å². The number of piperidine rings is 1. The Morgan fingerprint density at radius 1 is 1.37 bits per heavy atom. The topological polar surface area (TPSA) is 79.6 Å². The Bertz CT molecular complexity index is 677. The molecular weight excluding hydrogens is 344 g/mol. The highest BCUT2D eigenvalue weighted by Crippen LogP contribution is 2.33. The van der Waals surface area contributed by atoms with Crippen molar-refractivity contribution in [2.75, 3.05) is 19.7 Å². The van der Waals surface area contributed by atoms with Gasteiger partial charge < -0.3 is 20.1 Å². The Kier molecular flexibility index (Phi) is 5.93. The second-order valence-corrected chi connectivity index (χ2v) is 8.35. The number of hydrogen-bond donors (Lipinski definition) is 2. The van der Waals surface area contributed by atoms with Crippen LogP contribution in [0.2, 0.25) is 0 Å². The monoisotopic (exact) mass is 378 g/mol. The Hall–Kier alpha value is -1.44. The summed E-state index contributed by atoms with van der Waals surface area (Å²) in [6.45, 7) is 12.4. The van der Waals surface area contributed by atoms with Crippen LogP contribution in [-0.4, -0.2) is 63.1 Å². The molecule has 0 bridgehead atoms. The van der Waals surface area contributed by atoms with E-state index < -0.39 is 0 Å². The fourth-order valence-corrected chi connectivity index (χ4v) is 4.58. The Labute approximate surface area is 162 Å². The molecule has 2 atom stereocenters. The molecule has 7 nitrogen and oxygen atoms in total. The second-order valence-electron chi connectivity index (χ2n) is 8.35. The maximum atomic E-state index is 13.3. The van der Waals surface area contributed by atoms with Crippen LogP contribution >= 0.6 is 0 Å². The molecule has 1 saturated heterocycles. The first-order valence-electron chi connectivity index (χ1n) is 10.2. The summed E-state index contributed by atoms with van der Waals surface area (Å²) in [4.78, 5) is 15.2. The minimum atomic E-state index is -0.288. The highest BCUT2D eigenvalue weighted by atomic mass is 16.5. The molecular formula is C20H34N4O3. The molecule has 2 aliphatic heterocycles. The number of fused-ring (bicyclic) bond motifs is 1. The minimum absolute atomic E-state index is 0.0100. The first kappa shape index (κ1) is 20.3. The van der Waals surface area contributed by atoms with Gasteiger partial charge in [-0.2, -0.15) is 5.10 Å². The second kappa shape index (κ2) is 7.89. The predicted molar refractivity (Wildman–Crippen MR) is 104 cm³/mol. The third-order valence-corrected chi connectivity index (χ3v) is 5.81. The molecule has 3 rings (SSSR count). The van der Waals surface area contributed by atoms with Crippen LogP contribution in [0, 0.1) is 0 Å². The van der Waals surface area contributed by atoms with Crippen molar-refractivity contribution in [1.82, 2.24) is 20.0 Å². The quantitative estimate of drug-likeness (QED) is 0.818. The zero-order valence-electron chi connectivity index (χ0n) is 17.3. The third-order valence-electron chi connectivity index (χ3n) is 5.81. The van der Waals surface area contributed by atoms with Gasteiger partial charge in [-0.15, -0.1) is 0 Å². The fraction of sp³-hybridized carbons (Fsp3) is 0.800. The van der Waals surface area contributed by atoms with Crippen molar-refractivity contribution in [2.45, 2.75) is 84.2 Å². The third kappa shape index (κ3) is 3.91. The van der Waals surface area contributed by atoms with Gasteiger partial charge in [0.15, 0.2) is 5.69 Å². The van der Waals surface area contributed by atoms with Crippen molar-refractivity contribution in [3.05, 3.63) is 17.0 Å². The molecule has 0 aromatic carbocycles. The van der Waals surface area contributed by atoms with Gasteiger partial charge >= 0.3 is 0 Å². The van der Waals surface area contributed by atoms with Crippen LogP contribution < -0.4 is 5.32 Å². The van der Waals surface area contributed by atoms with E-state index in [0.717, 1.165) is 37.1 Å². The van der Waals surface area contributed by atoms with Crippen molar-refractivity contribution in [3.63, 3.8) is 0 Å². The zero-order valence-corrected chi connectivity index (χ0v) is 17.3. The molecule has 1 amide bonds. The number of likely N-dealkylation sites (tertiary alicyclic amines) is 1. The van der Waals surface area contributed by atoms with Gasteiger partial charge in [0, 0.05) is 43.2 Å². The van der Waals surface area contributed by atoms with Crippen molar-refractivity contribution >= 4 is 5.91 Å². The van der Waals surface area contributed by atoms with E-state index in [-0.39, 0.29) is 30.3 Å². The molecule has 152 valence electrons. The van der Waals surface area contributed by atoms with Crippen molar-refractivity contribution in [3.8, 4) is 0 Å². The largest absolute Gasteiger partial charge is 0.394 e. The summed E-state index contributed by atoms with van der Waals surface area (Å²) in [6.07, 6.45) is 2.27. The van der Waals surface area contributed by atoms with Gasteiger partial charge in [-0.05, 0) is 33.6 Å². The van der Waals surface area contributed by atoms with Crippen molar-refractivity contribution in [2.24, 2.45) is 0 Å². The van der Waals surface area contributed by atoms with Gasteiger partial charge in [0.25, 0.3) is 5.91 Å². The molecule has 1 fully saturated rings. The molecule has 0 spiro atoms. The number of ether oxygens (including phenoxy) is 1. The van der Waals surface area contributed by atoms with E-state index in [9.17, 15) is 9.90 Å². The van der Waals surface area contributed by atoms with Crippen LogP contribution in [0.4, 0.5) is 0 Å². The summed E-state index contributed by atoms with van der Waals surface area (Å²) in [7, 11) is 0. The van der Waals surface area contributed by atoms with Crippen LogP contribution in [0.5, 0.6) is 0 Å². The highest BCUT2D eigenvalue weighted by molar-refractivity contribution is 5.94. The van der Waals surface area contributed by atoms with Gasteiger partial charge in [-0.1, -0.05) is 13.8 Å². The van der Waals surface area contributed by atoms with Crippen molar-refractivity contribution < 1.29 is 14.6 Å². The Balaban J connectivity index is 1.80. The maximum Gasteiger partial charge on any atom is 0.274 e. The fourth-order valence-electron chi connectivity index (χ4n) is 4.58.